The van der Waals surface area contributed by atoms with Crippen LogP contribution < -0.4 is 0 Å². The molecule has 0 aliphatic heterocycles. The average Bonchev–Trinajstić information content (AvgIpc) is 2.70. The van der Waals surface area contributed by atoms with E-state index in [0.29, 0.717) is 5.56 Å². The molecular formula is C9H12O5. The van der Waals surface area contributed by atoms with E-state index in [1.165, 1.54) is 33.7 Å². The molecule has 5 heteroatoms. The van der Waals surface area contributed by atoms with Crippen LogP contribution in [0.25, 0.3) is 0 Å². The van der Waals surface area contributed by atoms with Crippen molar-refractivity contribution in [3.63, 3.8) is 0 Å². The van der Waals surface area contributed by atoms with Crippen LogP contribution in [0.1, 0.15) is 17.3 Å². The molecule has 0 atom stereocenters. The van der Waals surface area contributed by atoms with Gasteiger partial charge in [-0.15, -0.1) is 0 Å². The van der Waals surface area contributed by atoms with E-state index in [9.17, 15) is 9.59 Å². The van der Waals surface area contributed by atoms with Crippen LogP contribution in [0.2, 0.25) is 0 Å². The first-order chi connectivity index (χ1) is 6.61. The largest absolute Gasteiger partial charge is 0.472 e. The summed E-state index contributed by atoms with van der Waals surface area (Å²) < 4.78 is 13.1. The van der Waals surface area contributed by atoms with Crippen molar-refractivity contribution in [1.29, 1.82) is 0 Å². The van der Waals surface area contributed by atoms with E-state index in [4.69, 9.17) is 0 Å². The number of ether oxygens (including phenoxy) is 2. The van der Waals surface area contributed by atoms with Crippen LogP contribution in [0.5, 0.6) is 0 Å². The fraction of sp³-hybridized carbons (Fsp3) is 0.333. The number of furan rings is 1. The molecule has 0 saturated heterocycles. The van der Waals surface area contributed by atoms with Crippen LogP contribution in [-0.4, -0.2) is 26.2 Å². The van der Waals surface area contributed by atoms with Gasteiger partial charge in [-0.2, -0.15) is 0 Å². The highest BCUT2D eigenvalue weighted by atomic mass is 16.5. The van der Waals surface area contributed by atoms with Crippen molar-refractivity contribution in [3.05, 3.63) is 24.2 Å². The molecule has 78 valence electrons. The molecule has 0 radical (unpaired) electrons. The summed E-state index contributed by atoms with van der Waals surface area (Å²) >= 11 is 0. The third kappa shape index (κ3) is 4.97. The topological polar surface area (TPSA) is 65.7 Å². The molecular weight excluding hydrogens is 188 g/mol. The van der Waals surface area contributed by atoms with E-state index in [1.54, 1.807) is 6.07 Å². The summed E-state index contributed by atoms with van der Waals surface area (Å²) in [7, 11) is 2.68. The molecule has 0 fully saturated rings. The molecule has 0 amide bonds. The Morgan fingerprint density at radius 3 is 2.14 bits per heavy atom. The molecule has 0 aliphatic rings. The van der Waals surface area contributed by atoms with Crippen molar-refractivity contribution in [2.24, 2.45) is 0 Å². The summed E-state index contributed by atoms with van der Waals surface area (Å²) in [5, 5.41) is 0. The Morgan fingerprint density at radius 2 is 1.86 bits per heavy atom. The minimum absolute atomic E-state index is 0.245. The van der Waals surface area contributed by atoms with Gasteiger partial charge in [0.1, 0.15) is 6.26 Å². The van der Waals surface area contributed by atoms with Crippen molar-refractivity contribution in [2.75, 3.05) is 14.2 Å². The Labute approximate surface area is 81.6 Å². The Hall–Kier alpha value is -1.78. The lowest BCUT2D eigenvalue weighted by atomic mass is 10.4. The van der Waals surface area contributed by atoms with Gasteiger partial charge >= 0.3 is 11.9 Å². The molecule has 1 rings (SSSR count). The molecule has 1 aromatic heterocycles. The number of hydrogen-bond acceptors (Lipinski definition) is 5. The van der Waals surface area contributed by atoms with E-state index in [-0.39, 0.29) is 11.9 Å². The van der Waals surface area contributed by atoms with E-state index in [1.807, 2.05) is 0 Å². The third-order valence-corrected chi connectivity index (χ3v) is 1.23. The zero-order valence-corrected chi connectivity index (χ0v) is 8.27. The minimum Gasteiger partial charge on any atom is -0.472 e. The third-order valence-electron chi connectivity index (χ3n) is 1.23. The van der Waals surface area contributed by atoms with Crippen LogP contribution in [0.3, 0.4) is 0 Å². The molecule has 0 bridgehead atoms. The number of carbonyl (C=O) groups excluding carboxylic acids is 2. The van der Waals surface area contributed by atoms with Gasteiger partial charge in [0.15, 0.2) is 0 Å². The van der Waals surface area contributed by atoms with Crippen molar-refractivity contribution < 1.29 is 23.5 Å². The van der Waals surface area contributed by atoms with Gasteiger partial charge in [0.2, 0.25) is 0 Å². The van der Waals surface area contributed by atoms with Gasteiger partial charge in [0.25, 0.3) is 0 Å². The van der Waals surface area contributed by atoms with Gasteiger partial charge in [0, 0.05) is 6.92 Å². The first-order valence-electron chi connectivity index (χ1n) is 3.77. The lowest BCUT2D eigenvalue weighted by Gasteiger charge is -1.89. The molecule has 14 heavy (non-hydrogen) atoms. The number of carbonyl (C=O) groups is 2. The predicted octanol–water partition coefficient (Wildman–Crippen LogP) is 1.25. The summed E-state index contributed by atoms with van der Waals surface area (Å²) in [4.78, 5) is 20.2. The second-order valence-corrected chi connectivity index (χ2v) is 2.20. The van der Waals surface area contributed by atoms with Crippen LogP contribution in [0.15, 0.2) is 23.0 Å². The maximum absolute atomic E-state index is 10.6. The molecule has 0 spiro atoms. The van der Waals surface area contributed by atoms with Gasteiger partial charge in [-0.3, -0.25) is 4.79 Å². The van der Waals surface area contributed by atoms with Crippen molar-refractivity contribution in [3.8, 4) is 0 Å². The van der Waals surface area contributed by atoms with Crippen molar-refractivity contribution in [1.82, 2.24) is 0 Å². The summed E-state index contributed by atoms with van der Waals surface area (Å²) in [5.41, 5.74) is 0.442. The lowest BCUT2D eigenvalue weighted by molar-refractivity contribution is -0.137. The second-order valence-electron chi connectivity index (χ2n) is 2.20. The molecule has 5 nitrogen and oxygen atoms in total. The number of hydrogen-bond donors (Lipinski definition) is 0. The summed E-state index contributed by atoms with van der Waals surface area (Å²) in [6.07, 6.45) is 2.76. The molecule has 0 saturated carbocycles. The molecule has 0 N–H and O–H groups in total. The highest BCUT2D eigenvalue weighted by molar-refractivity contribution is 5.88. The number of esters is 2. The first-order valence-corrected chi connectivity index (χ1v) is 3.77. The molecule has 0 aromatic carbocycles. The summed E-state index contributed by atoms with van der Waals surface area (Å²) in [5.74, 6) is -0.617. The van der Waals surface area contributed by atoms with Gasteiger partial charge < -0.3 is 13.9 Å². The smallest absolute Gasteiger partial charge is 0.341 e. The lowest BCUT2D eigenvalue weighted by Crippen LogP contribution is -1.97. The Morgan fingerprint density at radius 1 is 1.29 bits per heavy atom. The van der Waals surface area contributed by atoms with Gasteiger partial charge in [0.05, 0.1) is 26.0 Å². The molecule has 0 aliphatic carbocycles. The van der Waals surface area contributed by atoms with E-state index in [0.717, 1.165) is 0 Å². The normalized spacial score (nSPS) is 8.21. The molecule has 0 unspecified atom stereocenters. The Balaban J connectivity index is 0.000000292. The zero-order valence-electron chi connectivity index (χ0n) is 8.27. The van der Waals surface area contributed by atoms with Gasteiger partial charge in [-0.25, -0.2) is 4.79 Å². The van der Waals surface area contributed by atoms with Crippen molar-refractivity contribution >= 4 is 11.9 Å². The summed E-state index contributed by atoms with van der Waals surface area (Å²) in [6.45, 7) is 1.36. The fourth-order valence-corrected chi connectivity index (χ4v) is 0.498. The average molecular weight is 200 g/mol. The van der Waals surface area contributed by atoms with Crippen LogP contribution in [-0.2, 0) is 14.3 Å². The second kappa shape index (κ2) is 6.71. The minimum atomic E-state index is -0.372. The number of rotatable bonds is 1. The molecule has 1 heterocycles. The SMILES string of the molecule is COC(=O)c1ccoc1.COC(C)=O. The van der Waals surface area contributed by atoms with Crippen LogP contribution in [0, 0.1) is 0 Å². The van der Waals surface area contributed by atoms with Crippen LogP contribution in [0.4, 0.5) is 0 Å². The van der Waals surface area contributed by atoms with E-state index < -0.39 is 0 Å². The Kier molecular flexibility index (Phi) is 5.85. The Bertz CT molecular complexity index is 275. The van der Waals surface area contributed by atoms with Crippen LogP contribution >= 0.6 is 0 Å². The van der Waals surface area contributed by atoms with E-state index >= 15 is 0 Å². The van der Waals surface area contributed by atoms with Gasteiger partial charge in [-0.05, 0) is 6.07 Å². The maximum Gasteiger partial charge on any atom is 0.341 e. The monoisotopic (exact) mass is 200 g/mol. The fourth-order valence-electron chi connectivity index (χ4n) is 0.498. The van der Waals surface area contributed by atoms with Gasteiger partial charge in [-0.1, -0.05) is 0 Å². The predicted molar refractivity (Wildman–Crippen MR) is 47.7 cm³/mol. The quantitative estimate of drug-likeness (QED) is 0.638. The first kappa shape index (κ1) is 12.2. The zero-order chi connectivity index (χ0) is 11.0. The highest BCUT2D eigenvalue weighted by Crippen LogP contribution is 2.00. The highest BCUT2D eigenvalue weighted by Gasteiger charge is 2.03. The summed E-state index contributed by atoms with van der Waals surface area (Å²) in [6, 6.07) is 1.55. The number of methoxy groups -OCH3 is 2. The maximum atomic E-state index is 10.6. The van der Waals surface area contributed by atoms with E-state index in [2.05, 4.69) is 13.9 Å². The standard InChI is InChI=1S/C6H6O3.C3H6O2/c1-8-6(7)5-2-3-9-4-5;1-3(4)5-2/h2-4H,1H3;1-2H3. The van der Waals surface area contributed by atoms with Crippen molar-refractivity contribution in [2.45, 2.75) is 6.92 Å². The molecule has 1 aromatic rings.